The summed E-state index contributed by atoms with van der Waals surface area (Å²) in [6.45, 7) is 3.92. The van der Waals surface area contributed by atoms with E-state index < -0.39 is 5.97 Å². The molecule has 1 aromatic carbocycles. The summed E-state index contributed by atoms with van der Waals surface area (Å²) in [7, 11) is 0. The maximum Gasteiger partial charge on any atom is 0.328 e. The van der Waals surface area contributed by atoms with E-state index in [9.17, 15) is 9.59 Å². The van der Waals surface area contributed by atoms with Gasteiger partial charge in [0.25, 0.3) is 5.91 Å². The third-order valence-corrected chi connectivity index (χ3v) is 2.81. The molecule has 0 spiro atoms. The SMILES string of the molecule is CCCC(C)NC(=O)COc1ccccc1C=CC(=O)O. The lowest BCUT2D eigenvalue weighted by molar-refractivity contribution is -0.131. The molecule has 0 aliphatic carbocycles. The predicted octanol–water partition coefficient (Wildman–Crippen LogP) is 2.47. The number of carboxylic acids is 1. The van der Waals surface area contributed by atoms with E-state index in [-0.39, 0.29) is 18.6 Å². The molecule has 1 rings (SSSR count). The van der Waals surface area contributed by atoms with Crippen LogP contribution in [0.1, 0.15) is 32.3 Å². The smallest absolute Gasteiger partial charge is 0.328 e. The van der Waals surface area contributed by atoms with Crippen LogP contribution in [0.5, 0.6) is 5.75 Å². The van der Waals surface area contributed by atoms with Gasteiger partial charge in [0.15, 0.2) is 6.61 Å². The molecule has 0 saturated carbocycles. The molecule has 114 valence electrons. The highest BCUT2D eigenvalue weighted by molar-refractivity contribution is 5.86. The summed E-state index contributed by atoms with van der Waals surface area (Å²) < 4.78 is 5.45. The van der Waals surface area contributed by atoms with E-state index in [1.54, 1.807) is 24.3 Å². The summed E-state index contributed by atoms with van der Waals surface area (Å²) in [5.41, 5.74) is 0.620. The quantitative estimate of drug-likeness (QED) is 0.721. The van der Waals surface area contributed by atoms with Gasteiger partial charge in [0.2, 0.25) is 0 Å². The molecule has 1 amide bonds. The first-order valence-corrected chi connectivity index (χ1v) is 6.95. The fourth-order valence-corrected chi connectivity index (χ4v) is 1.88. The van der Waals surface area contributed by atoms with Crippen LogP contribution in [0.3, 0.4) is 0 Å². The summed E-state index contributed by atoms with van der Waals surface area (Å²) in [4.78, 5) is 22.3. The van der Waals surface area contributed by atoms with Crippen LogP contribution in [0.4, 0.5) is 0 Å². The Morgan fingerprint density at radius 2 is 2.10 bits per heavy atom. The Kier molecular flexibility index (Phi) is 7.01. The molecule has 2 N–H and O–H groups in total. The lowest BCUT2D eigenvalue weighted by Gasteiger charge is -2.14. The van der Waals surface area contributed by atoms with Gasteiger partial charge in [0.05, 0.1) is 0 Å². The second-order valence-electron chi connectivity index (χ2n) is 4.76. The third-order valence-electron chi connectivity index (χ3n) is 2.81. The predicted molar refractivity (Wildman–Crippen MR) is 81.1 cm³/mol. The van der Waals surface area contributed by atoms with E-state index in [1.807, 2.05) is 6.92 Å². The first-order valence-electron chi connectivity index (χ1n) is 6.95. The van der Waals surface area contributed by atoms with Crippen LogP contribution >= 0.6 is 0 Å². The summed E-state index contributed by atoms with van der Waals surface area (Å²) in [6.07, 6.45) is 4.40. The average molecular weight is 291 g/mol. The van der Waals surface area contributed by atoms with Crippen molar-refractivity contribution < 1.29 is 19.4 Å². The zero-order valence-electron chi connectivity index (χ0n) is 12.3. The molecule has 5 heteroatoms. The van der Waals surface area contributed by atoms with Crippen molar-refractivity contribution >= 4 is 18.0 Å². The van der Waals surface area contributed by atoms with Crippen molar-refractivity contribution in [1.29, 1.82) is 0 Å². The van der Waals surface area contributed by atoms with Crippen molar-refractivity contribution in [3.05, 3.63) is 35.9 Å². The molecular weight excluding hydrogens is 270 g/mol. The standard InChI is InChI=1S/C16H21NO4/c1-3-6-12(2)17-15(18)11-21-14-8-5-4-7-13(14)9-10-16(19)20/h4-5,7-10,12H,3,6,11H2,1-2H3,(H,17,18)(H,19,20). The molecule has 0 heterocycles. The van der Waals surface area contributed by atoms with Gasteiger partial charge in [-0.25, -0.2) is 4.79 Å². The molecule has 5 nitrogen and oxygen atoms in total. The number of para-hydroxylation sites is 1. The highest BCUT2D eigenvalue weighted by Crippen LogP contribution is 2.19. The van der Waals surface area contributed by atoms with E-state index in [1.165, 1.54) is 6.08 Å². The molecule has 0 aliphatic heterocycles. The summed E-state index contributed by atoms with van der Waals surface area (Å²) in [6, 6.07) is 7.09. The number of nitrogens with one attached hydrogen (secondary N) is 1. The molecule has 0 bridgehead atoms. The maximum absolute atomic E-state index is 11.7. The second-order valence-corrected chi connectivity index (χ2v) is 4.76. The number of hydrogen-bond acceptors (Lipinski definition) is 3. The number of ether oxygens (including phenoxy) is 1. The van der Waals surface area contributed by atoms with Gasteiger partial charge in [0, 0.05) is 17.7 Å². The summed E-state index contributed by atoms with van der Waals surface area (Å²) in [5.74, 6) is -0.739. The lowest BCUT2D eigenvalue weighted by Crippen LogP contribution is -2.36. The Balaban J connectivity index is 2.59. The van der Waals surface area contributed by atoms with Gasteiger partial charge in [-0.1, -0.05) is 31.5 Å². The topological polar surface area (TPSA) is 75.6 Å². The maximum atomic E-state index is 11.7. The van der Waals surface area contributed by atoms with Crippen LogP contribution in [0.15, 0.2) is 30.3 Å². The van der Waals surface area contributed by atoms with Crippen LogP contribution in [-0.4, -0.2) is 29.6 Å². The van der Waals surface area contributed by atoms with E-state index in [2.05, 4.69) is 12.2 Å². The van der Waals surface area contributed by atoms with Crippen LogP contribution < -0.4 is 10.1 Å². The fraction of sp³-hybridized carbons (Fsp3) is 0.375. The molecule has 0 radical (unpaired) electrons. The molecule has 0 fully saturated rings. The monoisotopic (exact) mass is 291 g/mol. The van der Waals surface area contributed by atoms with Crippen molar-refractivity contribution in [3.8, 4) is 5.75 Å². The molecule has 1 unspecified atom stereocenters. The van der Waals surface area contributed by atoms with Gasteiger partial charge in [0.1, 0.15) is 5.75 Å². The van der Waals surface area contributed by atoms with E-state index in [4.69, 9.17) is 9.84 Å². The van der Waals surface area contributed by atoms with Crippen molar-refractivity contribution in [2.24, 2.45) is 0 Å². The Labute approximate surface area is 124 Å². The number of carboxylic acid groups (broad SMARTS) is 1. The lowest BCUT2D eigenvalue weighted by atomic mass is 10.2. The van der Waals surface area contributed by atoms with Gasteiger partial charge >= 0.3 is 5.97 Å². The number of rotatable bonds is 8. The Bertz CT molecular complexity index is 511. The van der Waals surface area contributed by atoms with Gasteiger partial charge < -0.3 is 15.2 Å². The number of hydrogen-bond donors (Lipinski definition) is 2. The molecule has 0 saturated heterocycles. The molecule has 21 heavy (non-hydrogen) atoms. The number of carbonyl (C=O) groups excluding carboxylic acids is 1. The van der Waals surface area contributed by atoms with Crippen molar-refractivity contribution in [1.82, 2.24) is 5.32 Å². The van der Waals surface area contributed by atoms with Gasteiger partial charge in [-0.3, -0.25) is 4.79 Å². The Morgan fingerprint density at radius 1 is 1.38 bits per heavy atom. The zero-order valence-corrected chi connectivity index (χ0v) is 12.3. The highest BCUT2D eigenvalue weighted by Gasteiger charge is 2.08. The number of benzene rings is 1. The largest absolute Gasteiger partial charge is 0.483 e. The normalized spacial score (nSPS) is 12.1. The molecule has 0 aromatic heterocycles. The van der Waals surface area contributed by atoms with E-state index in [0.717, 1.165) is 18.9 Å². The molecule has 1 atom stereocenters. The molecule has 1 aromatic rings. The van der Waals surface area contributed by atoms with Crippen LogP contribution in [0, 0.1) is 0 Å². The zero-order chi connectivity index (χ0) is 15.7. The number of carbonyl (C=O) groups is 2. The van der Waals surface area contributed by atoms with E-state index >= 15 is 0 Å². The second kappa shape index (κ2) is 8.79. The van der Waals surface area contributed by atoms with Gasteiger partial charge in [-0.2, -0.15) is 0 Å². The molecule has 0 aliphatic rings. The average Bonchev–Trinajstić information content (AvgIpc) is 2.43. The Hall–Kier alpha value is -2.30. The van der Waals surface area contributed by atoms with Crippen LogP contribution in [0.25, 0.3) is 6.08 Å². The minimum Gasteiger partial charge on any atom is -0.483 e. The van der Waals surface area contributed by atoms with Gasteiger partial charge in [-0.15, -0.1) is 0 Å². The van der Waals surface area contributed by atoms with Crippen LogP contribution in [0.2, 0.25) is 0 Å². The van der Waals surface area contributed by atoms with Crippen molar-refractivity contribution in [3.63, 3.8) is 0 Å². The number of aliphatic carboxylic acids is 1. The van der Waals surface area contributed by atoms with Gasteiger partial charge in [-0.05, 0) is 25.5 Å². The third kappa shape index (κ3) is 6.61. The van der Waals surface area contributed by atoms with Crippen molar-refractivity contribution in [2.45, 2.75) is 32.7 Å². The van der Waals surface area contributed by atoms with Crippen LogP contribution in [-0.2, 0) is 9.59 Å². The molecular formula is C16H21NO4. The first-order chi connectivity index (χ1) is 10.0. The fourth-order valence-electron chi connectivity index (χ4n) is 1.88. The Morgan fingerprint density at radius 3 is 2.76 bits per heavy atom. The number of amides is 1. The van der Waals surface area contributed by atoms with Crippen molar-refractivity contribution in [2.75, 3.05) is 6.61 Å². The summed E-state index contributed by atoms with van der Waals surface area (Å²) >= 11 is 0. The first kappa shape index (κ1) is 16.8. The van der Waals surface area contributed by atoms with E-state index in [0.29, 0.717) is 11.3 Å². The highest BCUT2D eigenvalue weighted by atomic mass is 16.5. The summed E-state index contributed by atoms with van der Waals surface area (Å²) in [5, 5.41) is 11.5. The minimum atomic E-state index is -1.03. The minimum absolute atomic E-state index is 0.0913.